The lowest BCUT2D eigenvalue weighted by atomic mass is 9.97. The van der Waals surface area contributed by atoms with Crippen LogP contribution in [0, 0.1) is 0 Å². The maximum Gasteiger partial charge on any atom is 0.317 e. The van der Waals surface area contributed by atoms with Gasteiger partial charge in [-0.1, -0.05) is 18.2 Å². The average Bonchev–Trinajstić information content (AvgIpc) is 3.01. The van der Waals surface area contributed by atoms with E-state index in [2.05, 4.69) is 10.2 Å². The Labute approximate surface area is 146 Å². The molecule has 2 bridgehead atoms. The Hall–Kier alpha value is -2.34. The predicted molar refractivity (Wildman–Crippen MR) is 94.6 cm³/mol. The van der Waals surface area contributed by atoms with E-state index in [1.165, 1.54) is 0 Å². The summed E-state index contributed by atoms with van der Waals surface area (Å²) < 4.78 is 1.98. The molecule has 0 aliphatic carbocycles. The van der Waals surface area contributed by atoms with Crippen molar-refractivity contribution < 1.29 is 14.7 Å². The molecule has 1 aromatic heterocycles. The highest BCUT2D eigenvalue weighted by molar-refractivity contribution is 6.07. The SMILES string of the molecule is Cn1cc(C(=O)NC2C[C@H]3CC[C@@H](C2)N3CC(=O)O)c2ccccc21. The summed E-state index contributed by atoms with van der Waals surface area (Å²) in [6, 6.07) is 8.57. The molecule has 3 atom stereocenters. The second kappa shape index (κ2) is 6.19. The molecule has 0 spiro atoms. The number of fused-ring (bicyclic) bond motifs is 3. The van der Waals surface area contributed by atoms with E-state index in [0.717, 1.165) is 36.6 Å². The van der Waals surface area contributed by atoms with E-state index in [9.17, 15) is 9.59 Å². The van der Waals surface area contributed by atoms with Gasteiger partial charge in [0.2, 0.25) is 0 Å². The van der Waals surface area contributed by atoms with Crippen molar-refractivity contribution in [3.63, 3.8) is 0 Å². The number of aliphatic carboxylic acids is 1. The van der Waals surface area contributed by atoms with Crippen molar-refractivity contribution in [2.45, 2.75) is 43.8 Å². The minimum Gasteiger partial charge on any atom is -0.480 e. The molecule has 2 saturated heterocycles. The lowest BCUT2D eigenvalue weighted by Crippen LogP contribution is -2.51. The van der Waals surface area contributed by atoms with Crippen LogP contribution in [-0.4, -0.2) is 51.1 Å². The molecule has 6 nitrogen and oxygen atoms in total. The second-order valence-electron chi connectivity index (χ2n) is 7.26. The molecule has 6 heteroatoms. The first-order valence-corrected chi connectivity index (χ1v) is 8.85. The molecule has 0 radical (unpaired) electrons. The standard InChI is InChI=1S/C19H23N3O3/c1-21-10-16(15-4-2-3-5-17(15)21)19(25)20-12-8-13-6-7-14(9-12)22(13)11-18(23)24/h2-5,10,12-14H,6-9,11H2,1H3,(H,20,25)(H,23,24)/t12?,13-,14+. The predicted octanol–water partition coefficient (Wildman–Crippen LogP) is 1.99. The van der Waals surface area contributed by atoms with Gasteiger partial charge in [0.25, 0.3) is 5.91 Å². The third-order valence-corrected chi connectivity index (χ3v) is 5.68. The molecule has 4 rings (SSSR count). The number of hydrogen-bond acceptors (Lipinski definition) is 3. The normalized spacial score (nSPS) is 26.0. The maximum absolute atomic E-state index is 12.8. The summed E-state index contributed by atoms with van der Waals surface area (Å²) in [6.45, 7) is 0.110. The smallest absolute Gasteiger partial charge is 0.317 e. The number of amides is 1. The number of hydrogen-bond donors (Lipinski definition) is 2. The van der Waals surface area contributed by atoms with Crippen LogP contribution >= 0.6 is 0 Å². The van der Waals surface area contributed by atoms with E-state index in [-0.39, 0.29) is 30.6 Å². The highest BCUT2D eigenvalue weighted by atomic mass is 16.4. The zero-order valence-electron chi connectivity index (χ0n) is 14.3. The van der Waals surface area contributed by atoms with Crippen LogP contribution in [0.3, 0.4) is 0 Å². The Morgan fingerprint density at radius 2 is 1.88 bits per heavy atom. The van der Waals surface area contributed by atoms with E-state index in [4.69, 9.17) is 5.11 Å². The number of rotatable bonds is 4. The van der Waals surface area contributed by atoms with Crippen molar-refractivity contribution in [1.82, 2.24) is 14.8 Å². The second-order valence-corrected chi connectivity index (χ2v) is 7.26. The van der Waals surface area contributed by atoms with Crippen molar-refractivity contribution in [1.29, 1.82) is 0 Å². The fraction of sp³-hybridized carbons (Fsp3) is 0.474. The van der Waals surface area contributed by atoms with Crippen molar-refractivity contribution in [3.8, 4) is 0 Å². The molecular formula is C19H23N3O3. The van der Waals surface area contributed by atoms with Crippen LogP contribution in [0.4, 0.5) is 0 Å². The molecule has 0 saturated carbocycles. The van der Waals surface area contributed by atoms with Gasteiger partial charge in [-0.2, -0.15) is 0 Å². The lowest BCUT2D eigenvalue weighted by Gasteiger charge is -2.38. The summed E-state index contributed by atoms with van der Waals surface area (Å²) in [5, 5.41) is 13.2. The number of nitrogens with one attached hydrogen (secondary N) is 1. The molecule has 3 heterocycles. The molecule has 2 aliphatic rings. The number of carboxylic acids is 1. The van der Waals surface area contributed by atoms with Crippen LogP contribution in [0.15, 0.2) is 30.5 Å². The lowest BCUT2D eigenvalue weighted by molar-refractivity contribution is -0.139. The quantitative estimate of drug-likeness (QED) is 0.892. The van der Waals surface area contributed by atoms with Crippen LogP contribution in [0.5, 0.6) is 0 Å². The molecular weight excluding hydrogens is 318 g/mol. The number of carboxylic acid groups (broad SMARTS) is 1. The summed E-state index contributed by atoms with van der Waals surface area (Å²) in [4.78, 5) is 25.9. The number of carbonyl (C=O) groups excluding carboxylic acids is 1. The highest BCUT2D eigenvalue weighted by Crippen LogP contribution is 2.35. The van der Waals surface area contributed by atoms with E-state index in [1.807, 2.05) is 42.1 Å². The van der Waals surface area contributed by atoms with Gasteiger partial charge in [-0.15, -0.1) is 0 Å². The van der Waals surface area contributed by atoms with Crippen molar-refractivity contribution in [3.05, 3.63) is 36.0 Å². The summed E-state index contributed by atoms with van der Waals surface area (Å²) in [5.74, 6) is -0.803. The van der Waals surface area contributed by atoms with Gasteiger partial charge in [0, 0.05) is 42.3 Å². The van der Waals surface area contributed by atoms with E-state index in [0.29, 0.717) is 5.56 Å². The fourth-order valence-corrected chi connectivity index (χ4v) is 4.59. The summed E-state index contributed by atoms with van der Waals surface area (Å²) in [7, 11) is 1.95. The summed E-state index contributed by atoms with van der Waals surface area (Å²) in [5.41, 5.74) is 1.75. The van der Waals surface area contributed by atoms with Crippen LogP contribution in [0.2, 0.25) is 0 Å². The zero-order chi connectivity index (χ0) is 17.6. The minimum absolute atomic E-state index is 0.0344. The molecule has 2 aliphatic heterocycles. The fourth-order valence-electron chi connectivity index (χ4n) is 4.59. The van der Waals surface area contributed by atoms with Gasteiger partial charge in [-0.05, 0) is 31.7 Å². The third-order valence-electron chi connectivity index (χ3n) is 5.68. The molecule has 1 unspecified atom stereocenters. The van der Waals surface area contributed by atoms with Crippen LogP contribution in [0.25, 0.3) is 10.9 Å². The number of carbonyl (C=O) groups is 2. The highest BCUT2D eigenvalue weighted by Gasteiger charge is 2.41. The number of para-hydroxylation sites is 1. The maximum atomic E-state index is 12.8. The largest absolute Gasteiger partial charge is 0.480 e. The van der Waals surface area contributed by atoms with E-state index in [1.54, 1.807) is 0 Å². The van der Waals surface area contributed by atoms with Gasteiger partial charge in [0.15, 0.2) is 0 Å². The molecule has 2 N–H and O–H groups in total. The molecule has 2 fully saturated rings. The Bertz CT molecular complexity index is 814. The summed E-state index contributed by atoms with van der Waals surface area (Å²) in [6.07, 6.45) is 5.60. The zero-order valence-corrected chi connectivity index (χ0v) is 14.3. The van der Waals surface area contributed by atoms with Crippen molar-refractivity contribution in [2.24, 2.45) is 7.05 Å². The Morgan fingerprint density at radius 3 is 2.56 bits per heavy atom. The van der Waals surface area contributed by atoms with Gasteiger partial charge in [0.1, 0.15) is 0 Å². The number of nitrogens with zero attached hydrogens (tertiary/aromatic N) is 2. The summed E-state index contributed by atoms with van der Waals surface area (Å²) >= 11 is 0. The molecule has 132 valence electrons. The van der Waals surface area contributed by atoms with Gasteiger partial charge in [-0.25, -0.2) is 0 Å². The van der Waals surface area contributed by atoms with Gasteiger partial charge in [-0.3, -0.25) is 14.5 Å². The van der Waals surface area contributed by atoms with Crippen LogP contribution < -0.4 is 5.32 Å². The van der Waals surface area contributed by atoms with E-state index >= 15 is 0 Å². The topological polar surface area (TPSA) is 74.6 Å². The Balaban J connectivity index is 1.48. The first-order chi connectivity index (χ1) is 12.0. The van der Waals surface area contributed by atoms with Crippen LogP contribution in [-0.2, 0) is 11.8 Å². The number of aromatic nitrogens is 1. The molecule has 25 heavy (non-hydrogen) atoms. The average molecular weight is 341 g/mol. The van der Waals surface area contributed by atoms with Crippen LogP contribution in [0.1, 0.15) is 36.0 Å². The first kappa shape index (κ1) is 16.1. The Morgan fingerprint density at radius 1 is 1.20 bits per heavy atom. The molecule has 1 amide bonds. The number of piperidine rings is 1. The minimum atomic E-state index is -0.768. The number of aryl methyl sites for hydroxylation is 1. The Kier molecular flexibility index (Phi) is 4.00. The van der Waals surface area contributed by atoms with Gasteiger partial charge < -0.3 is 15.0 Å². The molecule has 1 aromatic carbocycles. The van der Waals surface area contributed by atoms with E-state index < -0.39 is 5.97 Å². The van der Waals surface area contributed by atoms with Gasteiger partial charge in [0.05, 0.1) is 12.1 Å². The first-order valence-electron chi connectivity index (χ1n) is 8.85. The molecule has 2 aromatic rings. The number of benzene rings is 1. The van der Waals surface area contributed by atoms with Crippen molar-refractivity contribution >= 4 is 22.8 Å². The monoisotopic (exact) mass is 341 g/mol. The van der Waals surface area contributed by atoms with Crippen molar-refractivity contribution in [2.75, 3.05) is 6.54 Å². The third kappa shape index (κ3) is 2.91. The van der Waals surface area contributed by atoms with Gasteiger partial charge >= 0.3 is 5.97 Å².